The molecular weight excluding hydrogens is 156 g/mol. The van der Waals surface area contributed by atoms with Crippen molar-refractivity contribution in [3.8, 4) is 0 Å². The Hall–Kier alpha value is -0.520. The second kappa shape index (κ2) is 4.13. The fourth-order valence-electron chi connectivity index (χ4n) is 2.85. The van der Waals surface area contributed by atoms with E-state index in [4.69, 9.17) is 0 Å². The van der Waals surface area contributed by atoms with Crippen molar-refractivity contribution >= 4 is 0 Å². The van der Waals surface area contributed by atoms with E-state index in [2.05, 4.69) is 25.2 Å². The van der Waals surface area contributed by atoms with Gasteiger partial charge in [-0.1, -0.05) is 30.7 Å². The molecule has 0 saturated heterocycles. The lowest BCUT2D eigenvalue weighted by Crippen LogP contribution is -2.02. The first kappa shape index (κ1) is 9.05. The Morgan fingerprint density at radius 1 is 1.31 bits per heavy atom. The molecule has 13 heavy (non-hydrogen) atoms. The second-order valence-corrected chi connectivity index (χ2v) is 4.41. The van der Waals surface area contributed by atoms with E-state index in [0.717, 1.165) is 11.8 Å². The predicted molar refractivity (Wildman–Crippen MR) is 57.6 cm³/mol. The highest BCUT2D eigenvalue weighted by molar-refractivity contribution is 5.22. The monoisotopic (exact) mass is 176 g/mol. The molecule has 0 heteroatoms. The summed E-state index contributed by atoms with van der Waals surface area (Å²) in [5.41, 5.74) is 1.76. The molecule has 0 bridgehead atoms. The van der Waals surface area contributed by atoms with Gasteiger partial charge < -0.3 is 0 Å². The molecule has 0 spiro atoms. The molecule has 0 aromatic carbocycles. The van der Waals surface area contributed by atoms with Crippen molar-refractivity contribution in [3.63, 3.8) is 0 Å². The van der Waals surface area contributed by atoms with Gasteiger partial charge in [-0.3, -0.25) is 0 Å². The van der Waals surface area contributed by atoms with Gasteiger partial charge >= 0.3 is 0 Å². The molecule has 2 aliphatic rings. The maximum Gasteiger partial charge on any atom is -0.0197 e. The van der Waals surface area contributed by atoms with Crippen LogP contribution >= 0.6 is 0 Å². The average molecular weight is 176 g/mol. The lowest BCUT2D eigenvalue weighted by molar-refractivity contribution is 0.546. The highest BCUT2D eigenvalue weighted by Gasteiger charge is 2.28. The summed E-state index contributed by atoms with van der Waals surface area (Å²) in [5, 5.41) is 0. The van der Waals surface area contributed by atoms with Crippen LogP contribution in [-0.4, -0.2) is 0 Å². The van der Waals surface area contributed by atoms with E-state index in [-0.39, 0.29) is 0 Å². The molecule has 2 atom stereocenters. The Bertz CT molecular complexity index is 222. The van der Waals surface area contributed by atoms with Crippen molar-refractivity contribution in [1.82, 2.24) is 0 Å². The van der Waals surface area contributed by atoms with E-state index in [1.165, 1.54) is 38.5 Å². The first-order chi connectivity index (χ1) is 6.42. The molecule has 2 unspecified atom stereocenters. The third-order valence-corrected chi connectivity index (χ3v) is 3.65. The van der Waals surface area contributed by atoms with E-state index in [1.807, 2.05) is 0 Å². The van der Waals surface area contributed by atoms with E-state index in [0.29, 0.717) is 0 Å². The van der Waals surface area contributed by atoms with Gasteiger partial charge in [-0.15, -0.1) is 0 Å². The van der Waals surface area contributed by atoms with E-state index in [9.17, 15) is 0 Å². The molecule has 1 fully saturated rings. The molecule has 0 amide bonds. The average Bonchev–Trinajstić information content (AvgIpc) is 2.46. The zero-order valence-electron chi connectivity index (χ0n) is 8.63. The zero-order chi connectivity index (χ0) is 9.10. The van der Waals surface area contributed by atoms with E-state index in [1.54, 1.807) is 5.57 Å². The summed E-state index contributed by atoms with van der Waals surface area (Å²) in [6, 6.07) is 0. The van der Waals surface area contributed by atoms with Crippen LogP contribution in [-0.2, 0) is 0 Å². The van der Waals surface area contributed by atoms with Crippen molar-refractivity contribution < 1.29 is 0 Å². The summed E-state index contributed by atoms with van der Waals surface area (Å²) < 4.78 is 0. The van der Waals surface area contributed by atoms with Crippen molar-refractivity contribution in [1.29, 1.82) is 0 Å². The second-order valence-electron chi connectivity index (χ2n) is 4.41. The molecule has 0 aromatic heterocycles. The number of hydrogen-bond acceptors (Lipinski definition) is 0. The molecule has 0 radical (unpaired) electrons. The molecule has 0 aromatic rings. The first-order valence-corrected chi connectivity index (χ1v) is 5.78. The van der Waals surface area contributed by atoms with Gasteiger partial charge in [0.25, 0.3) is 0 Å². The third kappa shape index (κ3) is 1.87. The molecule has 0 aliphatic heterocycles. The van der Waals surface area contributed by atoms with Crippen LogP contribution in [0.2, 0.25) is 0 Å². The van der Waals surface area contributed by atoms with Crippen LogP contribution in [0.3, 0.4) is 0 Å². The number of hydrogen-bond donors (Lipinski definition) is 0. The van der Waals surface area contributed by atoms with Crippen molar-refractivity contribution in [2.24, 2.45) is 11.8 Å². The number of rotatable bonds is 1. The van der Waals surface area contributed by atoms with Gasteiger partial charge in [0.05, 0.1) is 0 Å². The minimum absolute atomic E-state index is 0.910. The zero-order valence-corrected chi connectivity index (χ0v) is 8.63. The molecule has 72 valence electrons. The normalized spacial score (nSPS) is 39.9. The van der Waals surface area contributed by atoms with Crippen molar-refractivity contribution in [2.75, 3.05) is 0 Å². The summed E-state index contributed by atoms with van der Waals surface area (Å²) in [7, 11) is 0. The van der Waals surface area contributed by atoms with E-state index >= 15 is 0 Å². The predicted octanol–water partition coefficient (Wildman–Crippen LogP) is 4.09. The quantitative estimate of drug-likeness (QED) is 0.564. The highest BCUT2D eigenvalue weighted by atomic mass is 14.3. The molecular formula is C13H20. The topological polar surface area (TPSA) is 0 Å². The first-order valence-electron chi connectivity index (χ1n) is 5.78. The maximum atomic E-state index is 2.41. The fraction of sp³-hybridized carbons (Fsp3) is 0.692. The minimum atomic E-state index is 0.910. The van der Waals surface area contributed by atoms with Crippen LogP contribution < -0.4 is 0 Å². The van der Waals surface area contributed by atoms with Crippen LogP contribution in [0.5, 0.6) is 0 Å². The summed E-state index contributed by atoms with van der Waals surface area (Å²) in [4.78, 5) is 0. The molecule has 0 N–H and O–H groups in total. The van der Waals surface area contributed by atoms with Gasteiger partial charge in [0.2, 0.25) is 0 Å². The highest BCUT2D eigenvalue weighted by Crippen LogP contribution is 2.41. The van der Waals surface area contributed by atoms with E-state index < -0.39 is 0 Å². The van der Waals surface area contributed by atoms with Gasteiger partial charge in [-0.25, -0.2) is 0 Å². The van der Waals surface area contributed by atoms with Crippen LogP contribution in [0.15, 0.2) is 23.8 Å². The molecule has 1 saturated carbocycles. The number of allylic oxidation sites excluding steroid dienone is 4. The van der Waals surface area contributed by atoms with Crippen molar-refractivity contribution in [2.45, 2.75) is 45.4 Å². The van der Waals surface area contributed by atoms with Crippen LogP contribution in [0, 0.1) is 11.8 Å². The van der Waals surface area contributed by atoms with Crippen LogP contribution in [0.1, 0.15) is 45.4 Å². The summed E-state index contributed by atoms with van der Waals surface area (Å²) in [6.07, 6.45) is 15.4. The Morgan fingerprint density at radius 2 is 2.23 bits per heavy atom. The lowest BCUT2D eigenvalue weighted by atomic mass is 9.89. The minimum Gasteiger partial charge on any atom is -0.0845 e. The molecule has 0 heterocycles. The fourth-order valence-corrected chi connectivity index (χ4v) is 2.85. The molecule has 2 rings (SSSR count). The lowest BCUT2D eigenvalue weighted by Gasteiger charge is -2.16. The van der Waals surface area contributed by atoms with Gasteiger partial charge in [0.15, 0.2) is 0 Å². The van der Waals surface area contributed by atoms with Gasteiger partial charge in [0, 0.05) is 0 Å². The molecule has 0 nitrogen and oxygen atoms in total. The molecule has 2 aliphatic carbocycles. The largest absolute Gasteiger partial charge is 0.0845 e. The van der Waals surface area contributed by atoms with Crippen molar-refractivity contribution in [3.05, 3.63) is 23.8 Å². The summed E-state index contributed by atoms with van der Waals surface area (Å²) >= 11 is 0. The van der Waals surface area contributed by atoms with Gasteiger partial charge in [-0.2, -0.15) is 0 Å². The maximum absolute atomic E-state index is 2.41. The third-order valence-electron chi connectivity index (χ3n) is 3.65. The Balaban J connectivity index is 2.16. The Kier molecular flexibility index (Phi) is 2.87. The Labute approximate surface area is 81.7 Å². The summed E-state index contributed by atoms with van der Waals surface area (Å²) in [6.45, 7) is 2.33. The number of fused-ring (bicyclic) bond motifs is 1. The van der Waals surface area contributed by atoms with Crippen LogP contribution in [0.4, 0.5) is 0 Å². The smallest absolute Gasteiger partial charge is 0.0197 e. The Morgan fingerprint density at radius 3 is 3.08 bits per heavy atom. The SMILES string of the molecule is CCC1CCC2CCC/C=C\C=C\12. The summed E-state index contributed by atoms with van der Waals surface area (Å²) in [5.74, 6) is 1.85. The van der Waals surface area contributed by atoms with Gasteiger partial charge in [0.1, 0.15) is 0 Å². The van der Waals surface area contributed by atoms with Gasteiger partial charge in [-0.05, 0) is 50.4 Å². The van der Waals surface area contributed by atoms with Crippen LogP contribution in [0.25, 0.3) is 0 Å². The standard InChI is InChI=1S/C13H20/c1-2-11-9-10-12-7-5-3-4-6-8-13(11)12/h4,6,8,11-12H,2-3,5,7,9-10H2,1H3/b6-4-,13-8-.